The second-order valence-electron chi connectivity index (χ2n) is 4.52. The minimum atomic E-state index is 0.0276. The van der Waals surface area contributed by atoms with Gasteiger partial charge in [-0.05, 0) is 56.0 Å². The molecule has 1 unspecified atom stereocenters. The molecule has 1 aromatic carbocycles. The summed E-state index contributed by atoms with van der Waals surface area (Å²) >= 11 is 8.59. The van der Waals surface area contributed by atoms with E-state index in [2.05, 4.69) is 56.1 Å². The van der Waals surface area contributed by atoms with Gasteiger partial charge >= 0.3 is 0 Å². The molecule has 2 nitrogen and oxygen atoms in total. The molecule has 2 aromatic rings. The van der Waals surface area contributed by atoms with Gasteiger partial charge in [-0.25, -0.2) is 0 Å². The molecule has 2 heterocycles. The molecule has 98 valence electrons. The maximum atomic E-state index is 12.1. The first-order chi connectivity index (χ1) is 9.13. The van der Waals surface area contributed by atoms with Crippen molar-refractivity contribution in [3.05, 3.63) is 61.4 Å². The fraction of sp³-hybridized carbons (Fsp3) is 0.214. The first-order valence-electron chi connectivity index (χ1n) is 5.93. The van der Waals surface area contributed by atoms with Gasteiger partial charge in [0, 0.05) is 27.4 Å². The zero-order valence-electron chi connectivity index (χ0n) is 9.98. The van der Waals surface area contributed by atoms with Gasteiger partial charge in [-0.15, -0.1) is 11.8 Å². The standard InChI is InChI=1S/C14H11Br2NOS/c15-10-6-12(16)14(18)17(7-10)8-11-5-9-3-1-2-4-13(9)19-11/h1-4,6-7,11H,5,8H2. The summed E-state index contributed by atoms with van der Waals surface area (Å²) in [5.74, 6) is 0. The SMILES string of the molecule is O=c1c(Br)cc(Br)cn1CC1Cc2ccccc2S1. The Bertz CT molecular complexity index is 658. The Morgan fingerprint density at radius 3 is 2.89 bits per heavy atom. The van der Waals surface area contributed by atoms with Crippen LogP contribution in [-0.2, 0) is 13.0 Å². The molecule has 0 bridgehead atoms. The van der Waals surface area contributed by atoms with Gasteiger partial charge in [0.15, 0.2) is 0 Å². The molecule has 0 amide bonds. The predicted molar refractivity (Wildman–Crippen MR) is 85.9 cm³/mol. The third-order valence-electron chi connectivity index (χ3n) is 3.12. The summed E-state index contributed by atoms with van der Waals surface area (Å²) in [5.41, 5.74) is 1.42. The number of nitrogens with zero attached hydrogens (tertiary/aromatic N) is 1. The second kappa shape index (κ2) is 5.46. The van der Waals surface area contributed by atoms with Gasteiger partial charge in [0.1, 0.15) is 0 Å². The van der Waals surface area contributed by atoms with E-state index >= 15 is 0 Å². The highest BCUT2D eigenvalue weighted by atomic mass is 79.9. The van der Waals surface area contributed by atoms with Gasteiger partial charge in [-0.1, -0.05) is 18.2 Å². The molecule has 0 radical (unpaired) electrons. The van der Waals surface area contributed by atoms with E-state index in [-0.39, 0.29) is 5.56 Å². The molecule has 1 aromatic heterocycles. The van der Waals surface area contributed by atoms with E-state index in [1.165, 1.54) is 10.5 Å². The molecule has 0 spiro atoms. The molecule has 1 atom stereocenters. The van der Waals surface area contributed by atoms with Crippen LogP contribution in [0.1, 0.15) is 5.56 Å². The summed E-state index contributed by atoms with van der Waals surface area (Å²) in [5, 5.41) is 0.427. The Balaban J connectivity index is 1.83. The van der Waals surface area contributed by atoms with Crippen molar-refractivity contribution in [2.45, 2.75) is 23.1 Å². The van der Waals surface area contributed by atoms with Crippen LogP contribution in [0.15, 0.2) is 55.2 Å². The number of halogens is 2. The third kappa shape index (κ3) is 2.83. The highest BCUT2D eigenvalue weighted by Crippen LogP contribution is 2.37. The van der Waals surface area contributed by atoms with Gasteiger partial charge in [-0.3, -0.25) is 4.79 Å². The van der Waals surface area contributed by atoms with Gasteiger partial charge < -0.3 is 4.57 Å². The van der Waals surface area contributed by atoms with Crippen LogP contribution in [0, 0.1) is 0 Å². The van der Waals surface area contributed by atoms with Crippen molar-refractivity contribution in [2.75, 3.05) is 0 Å². The maximum Gasteiger partial charge on any atom is 0.264 e. The van der Waals surface area contributed by atoms with E-state index in [1.807, 2.05) is 18.0 Å². The lowest BCUT2D eigenvalue weighted by Crippen LogP contribution is -2.25. The van der Waals surface area contributed by atoms with E-state index < -0.39 is 0 Å². The van der Waals surface area contributed by atoms with Crippen LogP contribution in [0.25, 0.3) is 0 Å². The van der Waals surface area contributed by atoms with Gasteiger partial charge in [0.05, 0.1) is 4.47 Å². The highest BCUT2D eigenvalue weighted by Gasteiger charge is 2.22. The lowest BCUT2D eigenvalue weighted by Gasteiger charge is -2.12. The summed E-state index contributed by atoms with van der Waals surface area (Å²) < 4.78 is 3.29. The molecule has 0 fully saturated rings. The lowest BCUT2D eigenvalue weighted by molar-refractivity contribution is 0.638. The van der Waals surface area contributed by atoms with E-state index in [1.54, 1.807) is 10.6 Å². The first-order valence-corrected chi connectivity index (χ1v) is 8.40. The van der Waals surface area contributed by atoms with Crippen LogP contribution < -0.4 is 5.56 Å². The quantitative estimate of drug-likeness (QED) is 0.757. The van der Waals surface area contributed by atoms with Gasteiger partial charge in [0.25, 0.3) is 5.56 Å². The van der Waals surface area contributed by atoms with Crippen molar-refractivity contribution in [1.29, 1.82) is 0 Å². The number of rotatable bonds is 2. The number of benzene rings is 1. The molecule has 1 aliphatic rings. The Kier molecular flexibility index (Phi) is 3.87. The van der Waals surface area contributed by atoms with Crippen molar-refractivity contribution >= 4 is 43.6 Å². The van der Waals surface area contributed by atoms with Crippen LogP contribution in [0.4, 0.5) is 0 Å². The smallest absolute Gasteiger partial charge is 0.264 e. The number of pyridine rings is 1. The van der Waals surface area contributed by atoms with E-state index in [0.29, 0.717) is 9.72 Å². The molecule has 0 N–H and O–H groups in total. The van der Waals surface area contributed by atoms with E-state index in [0.717, 1.165) is 17.4 Å². The normalized spacial score (nSPS) is 17.5. The van der Waals surface area contributed by atoms with E-state index in [9.17, 15) is 4.79 Å². The molecule has 3 rings (SSSR count). The summed E-state index contributed by atoms with van der Waals surface area (Å²) in [6.07, 6.45) is 2.88. The Morgan fingerprint density at radius 2 is 2.11 bits per heavy atom. The molecule has 5 heteroatoms. The maximum absolute atomic E-state index is 12.1. The minimum absolute atomic E-state index is 0.0276. The summed E-state index contributed by atoms with van der Waals surface area (Å²) in [7, 11) is 0. The van der Waals surface area contributed by atoms with Crippen LogP contribution in [0.3, 0.4) is 0 Å². The molecular formula is C14H11Br2NOS. The zero-order chi connectivity index (χ0) is 13.4. The van der Waals surface area contributed by atoms with Crippen molar-refractivity contribution in [1.82, 2.24) is 4.57 Å². The lowest BCUT2D eigenvalue weighted by atomic mass is 10.1. The minimum Gasteiger partial charge on any atom is -0.312 e. The van der Waals surface area contributed by atoms with Crippen LogP contribution in [0.2, 0.25) is 0 Å². The van der Waals surface area contributed by atoms with Crippen molar-refractivity contribution < 1.29 is 0 Å². The Morgan fingerprint density at radius 1 is 1.32 bits per heavy atom. The fourth-order valence-corrected chi connectivity index (χ4v) is 4.85. The number of thioether (sulfide) groups is 1. The molecule has 0 saturated carbocycles. The monoisotopic (exact) mass is 399 g/mol. The number of hydrogen-bond donors (Lipinski definition) is 0. The van der Waals surface area contributed by atoms with Crippen LogP contribution in [0.5, 0.6) is 0 Å². The number of fused-ring (bicyclic) bond motifs is 1. The fourth-order valence-electron chi connectivity index (χ4n) is 2.28. The molecule has 0 saturated heterocycles. The van der Waals surface area contributed by atoms with Crippen molar-refractivity contribution in [3.8, 4) is 0 Å². The molecule has 1 aliphatic heterocycles. The third-order valence-corrected chi connectivity index (χ3v) is 5.43. The second-order valence-corrected chi connectivity index (χ2v) is 7.63. The predicted octanol–water partition coefficient (Wildman–Crippen LogP) is 4.09. The summed E-state index contributed by atoms with van der Waals surface area (Å²) in [4.78, 5) is 13.4. The van der Waals surface area contributed by atoms with Crippen molar-refractivity contribution in [2.24, 2.45) is 0 Å². The molecule has 19 heavy (non-hydrogen) atoms. The zero-order valence-corrected chi connectivity index (χ0v) is 14.0. The topological polar surface area (TPSA) is 22.0 Å². The highest BCUT2D eigenvalue weighted by molar-refractivity contribution is 9.11. The first kappa shape index (κ1) is 13.5. The van der Waals surface area contributed by atoms with Crippen molar-refractivity contribution in [3.63, 3.8) is 0 Å². The summed E-state index contributed by atoms with van der Waals surface area (Å²) in [6.45, 7) is 0.732. The van der Waals surface area contributed by atoms with E-state index in [4.69, 9.17) is 0 Å². The molecular weight excluding hydrogens is 390 g/mol. The number of aromatic nitrogens is 1. The Labute approximate surface area is 132 Å². The summed E-state index contributed by atoms with van der Waals surface area (Å²) in [6, 6.07) is 10.2. The largest absolute Gasteiger partial charge is 0.312 e. The van der Waals surface area contributed by atoms with Gasteiger partial charge in [0.2, 0.25) is 0 Å². The molecule has 0 aliphatic carbocycles. The average Bonchev–Trinajstić information content (AvgIpc) is 2.77. The van der Waals surface area contributed by atoms with Crippen LogP contribution in [-0.4, -0.2) is 9.82 Å². The van der Waals surface area contributed by atoms with Crippen LogP contribution >= 0.6 is 43.6 Å². The van der Waals surface area contributed by atoms with Gasteiger partial charge in [-0.2, -0.15) is 0 Å². The Hall–Kier alpha value is -0.520. The average molecular weight is 401 g/mol. The number of hydrogen-bond acceptors (Lipinski definition) is 2.